The quantitative estimate of drug-likeness (QED) is 0.889. The Morgan fingerprint density at radius 3 is 3.04 bits per heavy atom. The van der Waals surface area contributed by atoms with Gasteiger partial charge in [-0.15, -0.1) is 0 Å². The van der Waals surface area contributed by atoms with Gasteiger partial charge < -0.3 is 15.3 Å². The predicted octanol–water partition coefficient (Wildman–Crippen LogP) is 2.70. The number of likely N-dealkylation sites (N-methyl/N-ethyl adjacent to an activating group) is 1. The molecule has 2 aliphatic rings. The molecule has 132 valence electrons. The summed E-state index contributed by atoms with van der Waals surface area (Å²) in [4.78, 5) is 15.0. The van der Waals surface area contributed by atoms with Crippen LogP contribution in [0, 0.1) is 0 Å². The Hall–Kier alpha value is -1.85. The van der Waals surface area contributed by atoms with Gasteiger partial charge in [0.2, 0.25) is 5.91 Å². The highest BCUT2D eigenvalue weighted by Gasteiger charge is 2.50. The van der Waals surface area contributed by atoms with Crippen LogP contribution in [-0.4, -0.2) is 41.6 Å². The van der Waals surface area contributed by atoms with Crippen molar-refractivity contribution >= 4 is 17.2 Å². The number of carbonyl (C=O) groups is 1. The van der Waals surface area contributed by atoms with E-state index < -0.39 is 0 Å². The number of phenols is 1. The third-order valence-corrected chi connectivity index (χ3v) is 6.75. The molecule has 1 aromatic carbocycles. The molecule has 2 bridgehead atoms. The van der Waals surface area contributed by atoms with Crippen molar-refractivity contribution in [3.8, 4) is 5.75 Å². The Kier molecular flexibility index (Phi) is 4.08. The molecule has 25 heavy (non-hydrogen) atoms. The standard InChI is InChI=1S/C20H24N2O2S/c1-20-6-7-22(2)17(10-14-3-4-15(23)11-16(14)20)19(20)21-18(24)9-13-5-8-25-12-13/h3-5,8,11-12,17,19,23H,6-7,9-10H2,1-2H3,(H,21,24)/t17-,19+,20-/m1/s1. The lowest BCUT2D eigenvalue weighted by Crippen LogP contribution is -2.67. The molecule has 1 aliphatic heterocycles. The van der Waals surface area contributed by atoms with Crippen LogP contribution in [0.3, 0.4) is 0 Å². The van der Waals surface area contributed by atoms with Crippen molar-refractivity contribution < 1.29 is 9.90 Å². The van der Waals surface area contributed by atoms with Crippen molar-refractivity contribution in [3.05, 3.63) is 51.7 Å². The Labute approximate surface area is 152 Å². The molecule has 5 heteroatoms. The van der Waals surface area contributed by atoms with Crippen molar-refractivity contribution in [2.45, 2.75) is 43.7 Å². The van der Waals surface area contributed by atoms with Crippen molar-refractivity contribution in [3.63, 3.8) is 0 Å². The Balaban J connectivity index is 1.65. The number of phenolic OH excluding ortho intramolecular Hbond substituents is 1. The first-order valence-corrected chi connectivity index (χ1v) is 9.75. The summed E-state index contributed by atoms with van der Waals surface area (Å²) in [5.74, 6) is 0.388. The monoisotopic (exact) mass is 356 g/mol. The smallest absolute Gasteiger partial charge is 0.224 e. The molecule has 2 aromatic rings. The van der Waals surface area contributed by atoms with Crippen LogP contribution in [0.15, 0.2) is 35.0 Å². The highest BCUT2D eigenvalue weighted by atomic mass is 32.1. The first-order chi connectivity index (χ1) is 12.0. The third-order valence-electron chi connectivity index (χ3n) is 6.02. The van der Waals surface area contributed by atoms with Crippen molar-refractivity contribution in [2.24, 2.45) is 0 Å². The summed E-state index contributed by atoms with van der Waals surface area (Å²) < 4.78 is 0. The van der Waals surface area contributed by atoms with Gasteiger partial charge in [-0.05, 0) is 72.1 Å². The second-order valence-corrected chi connectivity index (χ2v) is 8.39. The van der Waals surface area contributed by atoms with E-state index in [1.807, 2.05) is 29.0 Å². The molecule has 4 nitrogen and oxygen atoms in total. The van der Waals surface area contributed by atoms with Gasteiger partial charge in [0.1, 0.15) is 5.75 Å². The maximum atomic E-state index is 12.7. The fourth-order valence-electron chi connectivity index (χ4n) is 4.54. The first kappa shape index (κ1) is 16.6. The SMILES string of the molecule is CN1CC[C@]2(C)c3cc(O)ccc3C[C@@H]1[C@@H]2NC(=O)Cc1ccsc1. The number of carbonyl (C=O) groups excluding carboxylic acids is 1. The molecular formula is C20H24N2O2S. The van der Waals surface area contributed by atoms with E-state index in [1.165, 1.54) is 11.1 Å². The summed E-state index contributed by atoms with van der Waals surface area (Å²) in [6, 6.07) is 8.07. The van der Waals surface area contributed by atoms with E-state index in [2.05, 4.69) is 24.2 Å². The van der Waals surface area contributed by atoms with E-state index in [9.17, 15) is 9.90 Å². The number of fused-ring (bicyclic) bond motifs is 4. The lowest BCUT2D eigenvalue weighted by molar-refractivity contribution is -0.123. The van der Waals surface area contributed by atoms with Crippen molar-refractivity contribution in [1.29, 1.82) is 0 Å². The van der Waals surface area contributed by atoms with Gasteiger partial charge in [-0.2, -0.15) is 11.3 Å². The molecule has 3 atom stereocenters. The van der Waals surface area contributed by atoms with Gasteiger partial charge in [0.05, 0.1) is 12.5 Å². The molecule has 0 unspecified atom stereocenters. The number of hydrogen-bond donors (Lipinski definition) is 2. The number of thiophene rings is 1. The number of aromatic hydroxyl groups is 1. The molecule has 1 amide bonds. The van der Waals surface area contributed by atoms with E-state index in [0.29, 0.717) is 18.2 Å². The normalized spacial score (nSPS) is 28.4. The van der Waals surface area contributed by atoms with E-state index >= 15 is 0 Å². The number of nitrogens with one attached hydrogen (secondary N) is 1. The summed E-state index contributed by atoms with van der Waals surface area (Å²) in [5.41, 5.74) is 3.41. The van der Waals surface area contributed by atoms with Crippen molar-refractivity contribution in [2.75, 3.05) is 13.6 Å². The van der Waals surface area contributed by atoms with Crippen LogP contribution in [0.5, 0.6) is 5.75 Å². The average molecular weight is 356 g/mol. The van der Waals surface area contributed by atoms with Crippen molar-refractivity contribution in [1.82, 2.24) is 10.2 Å². The zero-order chi connectivity index (χ0) is 17.6. The molecule has 2 heterocycles. The Morgan fingerprint density at radius 2 is 2.28 bits per heavy atom. The minimum Gasteiger partial charge on any atom is -0.508 e. The van der Waals surface area contributed by atoms with Crippen LogP contribution in [0.2, 0.25) is 0 Å². The van der Waals surface area contributed by atoms with Crippen LogP contribution in [0.25, 0.3) is 0 Å². The number of nitrogens with zero attached hydrogens (tertiary/aromatic N) is 1. The molecule has 1 fully saturated rings. The number of amides is 1. The summed E-state index contributed by atoms with van der Waals surface area (Å²) in [6.07, 6.45) is 2.31. The molecular weight excluding hydrogens is 332 g/mol. The Morgan fingerprint density at radius 1 is 1.44 bits per heavy atom. The second-order valence-electron chi connectivity index (χ2n) is 7.61. The highest BCUT2D eigenvalue weighted by Crippen LogP contribution is 2.45. The molecule has 1 aliphatic carbocycles. The lowest BCUT2D eigenvalue weighted by atomic mass is 9.61. The van der Waals surface area contributed by atoms with Gasteiger partial charge in [-0.25, -0.2) is 0 Å². The molecule has 0 saturated carbocycles. The molecule has 1 aromatic heterocycles. The number of rotatable bonds is 3. The number of likely N-dealkylation sites (tertiary alicyclic amines) is 1. The first-order valence-electron chi connectivity index (χ1n) is 8.80. The molecule has 2 N–H and O–H groups in total. The highest BCUT2D eigenvalue weighted by molar-refractivity contribution is 7.08. The number of hydrogen-bond acceptors (Lipinski definition) is 4. The van der Waals surface area contributed by atoms with Crippen LogP contribution in [0.1, 0.15) is 30.0 Å². The van der Waals surface area contributed by atoms with Crippen LogP contribution < -0.4 is 5.32 Å². The zero-order valence-corrected chi connectivity index (χ0v) is 15.5. The number of piperidine rings is 1. The topological polar surface area (TPSA) is 52.6 Å². The van der Waals surface area contributed by atoms with E-state index in [0.717, 1.165) is 24.9 Å². The molecule has 0 radical (unpaired) electrons. The minimum atomic E-state index is -0.145. The van der Waals surface area contributed by atoms with Gasteiger partial charge in [0, 0.05) is 11.5 Å². The van der Waals surface area contributed by atoms with Gasteiger partial charge >= 0.3 is 0 Å². The fourth-order valence-corrected chi connectivity index (χ4v) is 5.21. The lowest BCUT2D eigenvalue weighted by Gasteiger charge is -2.54. The minimum absolute atomic E-state index is 0.0617. The fraction of sp³-hybridized carbons (Fsp3) is 0.450. The Bertz CT molecular complexity index is 789. The maximum Gasteiger partial charge on any atom is 0.224 e. The van der Waals surface area contributed by atoms with Gasteiger partial charge in [-0.3, -0.25) is 4.79 Å². The van der Waals surface area contributed by atoms with Gasteiger partial charge in [0.15, 0.2) is 0 Å². The van der Waals surface area contributed by atoms with Crippen LogP contribution in [0.4, 0.5) is 0 Å². The average Bonchev–Trinajstić information content (AvgIpc) is 3.07. The van der Waals surface area contributed by atoms with Gasteiger partial charge in [0.25, 0.3) is 0 Å². The van der Waals surface area contributed by atoms with E-state index in [-0.39, 0.29) is 17.4 Å². The largest absolute Gasteiger partial charge is 0.508 e. The van der Waals surface area contributed by atoms with E-state index in [4.69, 9.17) is 0 Å². The predicted molar refractivity (Wildman–Crippen MR) is 100 cm³/mol. The molecule has 4 rings (SSSR count). The van der Waals surface area contributed by atoms with Crippen LogP contribution in [-0.2, 0) is 23.1 Å². The summed E-state index contributed by atoms with van der Waals surface area (Å²) in [6.45, 7) is 3.24. The molecule has 0 spiro atoms. The second kappa shape index (κ2) is 6.15. The summed E-state index contributed by atoms with van der Waals surface area (Å²) in [5, 5.41) is 17.4. The summed E-state index contributed by atoms with van der Waals surface area (Å²) in [7, 11) is 2.15. The van der Waals surface area contributed by atoms with E-state index in [1.54, 1.807) is 17.4 Å². The number of benzene rings is 1. The maximum absolute atomic E-state index is 12.7. The van der Waals surface area contributed by atoms with Crippen LogP contribution >= 0.6 is 11.3 Å². The third kappa shape index (κ3) is 2.85. The summed E-state index contributed by atoms with van der Waals surface area (Å²) >= 11 is 1.62. The zero-order valence-electron chi connectivity index (χ0n) is 14.7. The van der Waals surface area contributed by atoms with Gasteiger partial charge in [-0.1, -0.05) is 13.0 Å². The molecule has 1 saturated heterocycles.